The molecule has 0 aromatic rings. The number of hydrogen-bond donors (Lipinski definition) is 1. The number of nitrogens with zero attached hydrogens (tertiary/aromatic N) is 1. The highest BCUT2D eigenvalue weighted by molar-refractivity contribution is 5.28. The first-order valence-corrected chi connectivity index (χ1v) is 3.47. The molecular formula is C8H9NO3. The fraction of sp³-hybridized carbons (Fsp3) is 0.250. The number of rotatable bonds is 1. The quantitative estimate of drug-likeness (QED) is 0.476. The molecule has 0 aromatic carbocycles. The lowest BCUT2D eigenvalue weighted by molar-refractivity contribution is -0.535. The zero-order valence-electron chi connectivity index (χ0n) is 6.60. The Morgan fingerprint density at radius 2 is 2.25 bits per heavy atom. The molecule has 12 heavy (non-hydrogen) atoms. The summed E-state index contributed by atoms with van der Waals surface area (Å²) in [5, 5.41) is 19.5. The first kappa shape index (κ1) is 8.52. The van der Waals surface area contributed by atoms with Gasteiger partial charge in [0, 0.05) is 11.8 Å². The van der Waals surface area contributed by atoms with E-state index in [2.05, 4.69) is 0 Å². The number of aliphatic hydroxyl groups is 1. The van der Waals surface area contributed by atoms with Gasteiger partial charge in [0.25, 0.3) is 5.54 Å². The molecule has 0 fully saturated rings. The van der Waals surface area contributed by atoms with Crippen molar-refractivity contribution in [1.82, 2.24) is 0 Å². The molecule has 0 aliphatic heterocycles. The van der Waals surface area contributed by atoms with Crippen LogP contribution in [-0.2, 0) is 0 Å². The van der Waals surface area contributed by atoms with Crippen molar-refractivity contribution in [2.24, 2.45) is 0 Å². The van der Waals surface area contributed by atoms with Crippen LogP contribution < -0.4 is 0 Å². The van der Waals surface area contributed by atoms with Crippen LogP contribution >= 0.6 is 0 Å². The van der Waals surface area contributed by atoms with E-state index in [1.807, 2.05) is 0 Å². The minimum absolute atomic E-state index is 0.0248. The Balaban J connectivity index is 3.00. The average molecular weight is 167 g/mol. The monoisotopic (exact) mass is 167 g/mol. The molecule has 4 nitrogen and oxygen atoms in total. The molecule has 0 heterocycles. The lowest BCUT2D eigenvalue weighted by Gasteiger charge is -2.10. The van der Waals surface area contributed by atoms with Crippen LogP contribution in [0.15, 0.2) is 36.1 Å². The minimum atomic E-state index is -1.21. The molecule has 1 unspecified atom stereocenters. The second-order valence-electron chi connectivity index (χ2n) is 2.77. The minimum Gasteiger partial charge on any atom is -0.508 e. The van der Waals surface area contributed by atoms with E-state index in [1.54, 1.807) is 0 Å². The van der Waals surface area contributed by atoms with Gasteiger partial charge < -0.3 is 5.11 Å². The second-order valence-corrected chi connectivity index (χ2v) is 2.77. The Morgan fingerprint density at radius 1 is 1.58 bits per heavy atom. The van der Waals surface area contributed by atoms with Gasteiger partial charge in [0.1, 0.15) is 5.76 Å². The van der Waals surface area contributed by atoms with E-state index < -0.39 is 10.5 Å². The van der Waals surface area contributed by atoms with Crippen LogP contribution in [0.25, 0.3) is 0 Å². The van der Waals surface area contributed by atoms with Gasteiger partial charge >= 0.3 is 0 Å². The number of nitro groups is 1. The Bertz CT molecular complexity index is 291. The summed E-state index contributed by atoms with van der Waals surface area (Å²) < 4.78 is 0. The van der Waals surface area contributed by atoms with Gasteiger partial charge in [-0.05, 0) is 24.3 Å². The summed E-state index contributed by atoms with van der Waals surface area (Å²) in [6, 6.07) is 0. The highest BCUT2D eigenvalue weighted by Gasteiger charge is 2.30. The molecular weight excluding hydrogens is 158 g/mol. The average Bonchev–Trinajstić information content (AvgIpc) is 2.15. The maximum Gasteiger partial charge on any atom is 0.256 e. The van der Waals surface area contributed by atoms with Crippen LogP contribution in [0.3, 0.4) is 0 Å². The van der Waals surface area contributed by atoms with Crippen molar-refractivity contribution in [2.75, 3.05) is 0 Å². The zero-order valence-corrected chi connectivity index (χ0v) is 6.60. The smallest absolute Gasteiger partial charge is 0.256 e. The summed E-state index contributed by atoms with van der Waals surface area (Å²) >= 11 is 0. The van der Waals surface area contributed by atoms with Crippen molar-refractivity contribution in [3.63, 3.8) is 0 Å². The van der Waals surface area contributed by atoms with Gasteiger partial charge in [-0.15, -0.1) is 0 Å². The van der Waals surface area contributed by atoms with Gasteiger partial charge in [-0.2, -0.15) is 0 Å². The lowest BCUT2D eigenvalue weighted by Crippen LogP contribution is -2.29. The van der Waals surface area contributed by atoms with Gasteiger partial charge in [0.2, 0.25) is 0 Å². The van der Waals surface area contributed by atoms with E-state index in [1.165, 1.54) is 37.3 Å². The second kappa shape index (κ2) is 2.81. The molecule has 1 aliphatic rings. The van der Waals surface area contributed by atoms with Crippen molar-refractivity contribution in [2.45, 2.75) is 12.5 Å². The zero-order chi connectivity index (χ0) is 9.19. The van der Waals surface area contributed by atoms with Crippen molar-refractivity contribution in [3.8, 4) is 0 Å². The molecule has 0 spiro atoms. The standard InChI is InChI=1S/C8H9NO3/c1-8(9(11)12)5-2-3-7(10)4-6-8/h2-6,10H,1H3. The van der Waals surface area contributed by atoms with Crippen molar-refractivity contribution >= 4 is 0 Å². The predicted molar refractivity (Wildman–Crippen MR) is 44.4 cm³/mol. The lowest BCUT2D eigenvalue weighted by atomic mass is 10.0. The summed E-state index contributed by atoms with van der Waals surface area (Å²) in [7, 11) is 0. The topological polar surface area (TPSA) is 63.4 Å². The molecule has 64 valence electrons. The van der Waals surface area contributed by atoms with Crippen molar-refractivity contribution in [3.05, 3.63) is 46.3 Å². The molecule has 1 rings (SSSR count). The van der Waals surface area contributed by atoms with E-state index >= 15 is 0 Å². The van der Waals surface area contributed by atoms with Crippen molar-refractivity contribution in [1.29, 1.82) is 0 Å². The van der Waals surface area contributed by atoms with Crippen LogP contribution in [0.4, 0.5) is 0 Å². The summed E-state index contributed by atoms with van der Waals surface area (Å²) in [5.41, 5.74) is -1.21. The predicted octanol–water partition coefficient (Wildman–Crippen LogP) is 1.59. The third-order valence-electron chi connectivity index (χ3n) is 1.69. The van der Waals surface area contributed by atoms with E-state index in [-0.39, 0.29) is 5.76 Å². The maximum absolute atomic E-state index is 10.5. The largest absolute Gasteiger partial charge is 0.508 e. The summed E-state index contributed by atoms with van der Waals surface area (Å²) in [5.74, 6) is 0.0248. The Labute approximate surface area is 69.7 Å². The van der Waals surface area contributed by atoms with Crippen LogP contribution in [-0.4, -0.2) is 15.6 Å². The molecule has 1 N–H and O–H groups in total. The Hall–Kier alpha value is -1.58. The highest BCUT2D eigenvalue weighted by Crippen LogP contribution is 2.16. The number of aliphatic hydroxyl groups excluding tert-OH is 1. The third-order valence-corrected chi connectivity index (χ3v) is 1.69. The first-order chi connectivity index (χ1) is 5.54. The van der Waals surface area contributed by atoms with Gasteiger partial charge in [0.15, 0.2) is 0 Å². The van der Waals surface area contributed by atoms with E-state index in [9.17, 15) is 10.1 Å². The van der Waals surface area contributed by atoms with Crippen molar-refractivity contribution < 1.29 is 10.0 Å². The normalized spacial score (nSPS) is 27.9. The van der Waals surface area contributed by atoms with Crippen LogP contribution in [0.2, 0.25) is 0 Å². The molecule has 0 saturated carbocycles. The first-order valence-electron chi connectivity index (χ1n) is 3.47. The number of hydrogen-bond acceptors (Lipinski definition) is 3. The Kier molecular flexibility index (Phi) is 1.99. The molecule has 4 heteroatoms. The van der Waals surface area contributed by atoms with Crippen LogP contribution in [0, 0.1) is 10.1 Å². The van der Waals surface area contributed by atoms with E-state index in [4.69, 9.17) is 5.11 Å². The molecule has 0 amide bonds. The molecule has 0 bridgehead atoms. The fourth-order valence-corrected chi connectivity index (χ4v) is 0.828. The molecule has 1 atom stereocenters. The third kappa shape index (κ3) is 1.53. The van der Waals surface area contributed by atoms with E-state index in [0.29, 0.717) is 0 Å². The van der Waals surface area contributed by atoms with Gasteiger partial charge in [-0.1, -0.05) is 6.08 Å². The summed E-state index contributed by atoms with van der Waals surface area (Å²) in [6.45, 7) is 1.46. The van der Waals surface area contributed by atoms with Crippen LogP contribution in [0.5, 0.6) is 0 Å². The summed E-state index contributed by atoms with van der Waals surface area (Å²) in [4.78, 5) is 10.1. The molecule has 0 aromatic heterocycles. The molecule has 0 radical (unpaired) electrons. The molecule has 0 saturated heterocycles. The van der Waals surface area contributed by atoms with Gasteiger partial charge in [-0.3, -0.25) is 10.1 Å². The van der Waals surface area contributed by atoms with Crippen LogP contribution in [0.1, 0.15) is 6.92 Å². The van der Waals surface area contributed by atoms with E-state index in [0.717, 1.165) is 0 Å². The fourth-order valence-electron chi connectivity index (χ4n) is 0.828. The maximum atomic E-state index is 10.5. The highest BCUT2D eigenvalue weighted by atomic mass is 16.6. The van der Waals surface area contributed by atoms with Gasteiger partial charge in [0.05, 0.1) is 0 Å². The Morgan fingerprint density at radius 3 is 2.83 bits per heavy atom. The van der Waals surface area contributed by atoms with Gasteiger partial charge in [-0.25, -0.2) is 0 Å². The molecule has 1 aliphatic carbocycles. The SMILES string of the molecule is CC1([N+](=O)[O-])C=CC=C(O)C=C1. The number of allylic oxidation sites excluding steroid dienone is 3. The summed E-state index contributed by atoms with van der Waals surface area (Å²) in [6.07, 6.45) is 6.97.